The Morgan fingerprint density at radius 3 is 2.55 bits per heavy atom. The fraction of sp³-hybridized carbons (Fsp3) is 0.200. The summed E-state index contributed by atoms with van der Waals surface area (Å²) in [5.74, 6) is 0.181. The van der Waals surface area contributed by atoms with Gasteiger partial charge in [-0.3, -0.25) is 10.1 Å². The first-order valence-corrected chi connectivity index (χ1v) is 6.85. The molecule has 1 aromatic carbocycles. The molecule has 2 aromatic rings. The second-order valence-corrected chi connectivity index (χ2v) is 5.41. The number of nitrogens with one attached hydrogen (secondary N) is 1. The molecule has 0 aliphatic rings. The molecule has 0 amide bonds. The Hall–Kier alpha value is -1.64. The van der Waals surface area contributed by atoms with Crippen LogP contribution in [0, 0.1) is 10.1 Å². The quantitative estimate of drug-likeness (QED) is 0.665. The minimum Gasteiger partial charge on any atom is -0.483 e. The molecule has 1 aromatic heterocycles. The maximum absolute atomic E-state index is 10.7. The molecular weight excluding hydrogens is 327 g/mol. The zero-order valence-electron chi connectivity index (χ0n) is 10.1. The average molecular weight is 335 g/mol. The highest BCUT2D eigenvalue weighted by Crippen LogP contribution is 2.37. The third kappa shape index (κ3) is 3.27. The lowest BCUT2D eigenvalue weighted by Crippen LogP contribution is -1.97. The van der Waals surface area contributed by atoms with E-state index in [4.69, 9.17) is 27.9 Å². The van der Waals surface area contributed by atoms with Crippen molar-refractivity contribution in [2.75, 3.05) is 12.4 Å². The van der Waals surface area contributed by atoms with E-state index in [0.29, 0.717) is 10.1 Å². The Morgan fingerprint density at radius 2 is 2.05 bits per heavy atom. The Morgan fingerprint density at radius 1 is 1.40 bits per heavy atom. The summed E-state index contributed by atoms with van der Waals surface area (Å²) in [5, 5.41) is 22.7. The normalized spacial score (nSPS) is 10.3. The summed E-state index contributed by atoms with van der Waals surface area (Å²) < 4.78 is 5.44. The Labute approximate surface area is 127 Å². The fourth-order valence-electron chi connectivity index (χ4n) is 1.34. The van der Waals surface area contributed by atoms with Crippen molar-refractivity contribution in [1.29, 1.82) is 0 Å². The van der Waals surface area contributed by atoms with E-state index in [9.17, 15) is 10.1 Å². The number of nitro benzene ring substituents is 1. The largest absolute Gasteiger partial charge is 0.483 e. The number of halogens is 2. The molecule has 10 heteroatoms. The van der Waals surface area contributed by atoms with Crippen molar-refractivity contribution in [1.82, 2.24) is 10.2 Å². The molecule has 0 aliphatic heterocycles. The number of aromatic nitrogens is 2. The zero-order valence-corrected chi connectivity index (χ0v) is 12.4. The summed E-state index contributed by atoms with van der Waals surface area (Å²) in [6.07, 6.45) is 0. The third-order valence-corrected chi connectivity index (χ3v) is 3.69. The Balaban J connectivity index is 2.15. The van der Waals surface area contributed by atoms with Crippen molar-refractivity contribution in [2.45, 2.75) is 6.61 Å². The van der Waals surface area contributed by atoms with Crippen LogP contribution in [0.25, 0.3) is 0 Å². The van der Waals surface area contributed by atoms with E-state index in [1.807, 2.05) is 0 Å². The molecule has 0 radical (unpaired) electrons. The molecule has 0 spiro atoms. The lowest BCUT2D eigenvalue weighted by atomic mass is 10.3. The van der Waals surface area contributed by atoms with Gasteiger partial charge >= 0.3 is 0 Å². The fourth-order valence-corrected chi connectivity index (χ4v) is 2.53. The van der Waals surface area contributed by atoms with Crippen LogP contribution in [-0.4, -0.2) is 22.2 Å². The highest BCUT2D eigenvalue weighted by molar-refractivity contribution is 7.15. The van der Waals surface area contributed by atoms with Gasteiger partial charge in [0.2, 0.25) is 5.13 Å². The van der Waals surface area contributed by atoms with E-state index in [0.717, 1.165) is 0 Å². The summed E-state index contributed by atoms with van der Waals surface area (Å²) >= 11 is 13.2. The van der Waals surface area contributed by atoms with Crippen molar-refractivity contribution in [3.63, 3.8) is 0 Å². The second-order valence-electron chi connectivity index (χ2n) is 3.54. The van der Waals surface area contributed by atoms with Gasteiger partial charge in [-0.2, -0.15) is 0 Å². The lowest BCUT2D eigenvalue weighted by molar-refractivity contribution is -0.384. The highest BCUT2D eigenvalue weighted by Gasteiger charge is 2.16. The van der Waals surface area contributed by atoms with E-state index in [1.54, 1.807) is 7.05 Å². The van der Waals surface area contributed by atoms with Crippen molar-refractivity contribution in [3.8, 4) is 5.75 Å². The van der Waals surface area contributed by atoms with E-state index >= 15 is 0 Å². The SMILES string of the molecule is CNc1nnc(COc2c(Cl)cc([N+](=O)[O-])cc2Cl)s1. The molecule has 0 aliphatic carbocycles. The summed E-state index contributed by atoms with van der Waals surface area (Å²) in [5.41, 5.74) is -0.194. The van der Waals surface area contributed by atoms with Gasteiger partial charge in [-0.15, -0.1) is 10.2 Å². The van der Waals surface area contributed by atoms with Crippen LogP contribution < -0.4 is 10.1 Å². The van der Waals surface area contributed by atoms with E-state index < -0.39 is 4.92 Å². The van der Waals surface area contributed by atoms with Gasteiger partial charge in [-0.05, 0) is 0 Å². The number of ether oxygens (including phenoxy) is 1. The lowest BCUT2D eigenvalue weighted by Gasteiger charge is -2.07. The highest BCUT2D eigenvalue weighted by atomic mass is 35.5. The summed E-state index contributed by atoms with van der Waals surface area (Å²) in [7, 11) is 1.73. The molecule has 0 saturated heterocycles. The number of rotatable bonds is 5. The molecule has 20 heavy (non-hydrogen) atoms. The smallest absolute Gasteiger partial charge is 0.272 e. The van der Waals surface area contributed by atoms with Crippen LogP contribution in [-0.2, 0) is 6.61 Å². The van der Waals surface area contributed by atoms with Gasteiger partial charge < -0.3 is 10.1 Å². The van der Waals surface area contributed by atoms with Gasteiger partial charge in [0.1, 0.15) is 6.61 Å². The molecule has 2 rings (SSSR count). The molecule has 7 nitrogen and oxygen atoms in total. The first-order valence-electron chi connectivity index (χ1n) is 5.27. The second kappa shape index (κ2) is 6.21. The van der Waals surface area contributed by atoms with Crippen LogP contribution in [0.4, 0.5) is 10.8 Å². The van der Waals surface area contributed by atoms with Gasteiger partial charge in [0, 0.05) is 19.2 Å². The molecule has 1 N–H and O–H groups in total. The predicted octanol–water partition coefficient (Wildman–Crippen LogP) is 3.37. The van der Waals surface area contributed by atoms with Gasteiger partial charge in [0.15, 0.2) is 10.8 Å². The molecule has 0 fully saturated rings. The van der Waals surface area contributed by atoms with E-state index in [2.05, 4.69) is 15.5 Å². The number of nitro groups is 1. The zero-order chi connectivity index (χ0) is 14.7. The summed E-state index contributed by atoms with van der Waals surface area (Å²) in [6.45, 7) is 0.122. The minimum atomic E-state index is -0.578. The minimum absolute atomic E-state index is 0.0718. The molecule has 1 heterocycles. The van der Waals surface area contributed by atoms with E-state index in [1.165, 1.54) is 23.5 Å². The Bertz CT molecular complexity index is 626. The first kappa shape index (κ1) is 14.8. The van der Waals surface area contributed by atoms with Crippen LogP contribution in [0.3, 0.4) is 0 Å². The number of nitrogens with zero attached hydrogens (tertiary/aromatic N) is 3. The number of hydrogen-bond donors (Lipinski definition) is 1. The number of hydrogen-bond acceptors (Lipinski definition) is 7. The average Bonchev–Trinajstić information content (AvgIpc) is 2.85. The van der Waals surface area contributed by atoms with Crippen LogP contribution in [0.15, 0.2) is 12.1 Å². The monoisotopic (exact) mass is 334 g/mol. The van der Waals surface area contributed by atoms with Crippen LogP contribution in [0.1, 0.15) is 5.01 Å². The van der Waals surface area contributed by atoms with Crippen LogP contribution in [0.2, 0.25) is 10.0 Å². The molecule has 0 atom stereocenters. The predicted molar refractivity (Wildman–Crippen MR) is 76.9 cm³/mol. The van der Waals surface area contributed by atoms with Gasteiger partial charge in [-0.25, -0.2) is 0 Å². The maximum atomic E-state index is 10.7. The van der Waals surface area contributed by atoms with E-state index in [-0.39, 0.29) is 28.1 Å². The van der Waals surface area contributed by atoms with Gasteiger partial charge in [0.05, 0.1) is 15.0 Å². The first-order chi connectivity index (χ1) is 9.51. The van der Waals surface area contributed by atoms with Crippen LogP contribution in [0.5, 0.6) is 5.75 Å². The molecular formula is C10H8Cl2N4O3S. The van der Waals surface area contributed by atoms with Crippen molar-refractivity contribution in [3.05, 3.63) is 37.3 Å². The number of benzene rings is 1. The van der Waals surface area contributed by atoms with Crippen molar-refractivity contribution >= 4 is 45.4 Å². The van der Waals surface area contributed by atoms with Crippen LogP contribution >= 0.6 is 34.5 Å². The molecule has 0 unspecified atom stereocenters. The standard InChI is InChI=1S/C10H8Cl2N4O3S/c1-13-10-15-14-8(20-10)4-19-9-6(11)2-5(16(17)18)3-7(9)12/h2-3H,4H2,1H3,(H,13,15). The van der Waals surface area contributed by atoms with Crippen molar-refractivity contribution in [2.24, 2.45) is 0 Å². The molecule has 106 valence electrons. The number of anilines is 1. The van der Waals surface area contributed by atoms with Crippen molar-refractivity contribution < 1.29 is 9.66 Å². The summed E-state index contributed by atoms with van der Waals surface area (Å²) in [4.78, 5) is 10.1. The molecule has 0 bridgehead atoms. The summed E-state index contributed by atoms with van der Waals surface area (Å²) in [6, 6.07) is 2.36. The Kier molecular flexibility index (Phi) is 4.58. The molecule has 0 saturated carbocycles. The third-order valence-electron chi connectivity index (χ3n) is 2.21. The number of non-ortho nitro benzene ring substituents is 1. The maximum Gasteiger partial charge on any atom is 0.272 e. The van der Waals surface area contributed by atoms with Gasteiger partial charge in [0.25, 0.3) is 5.69 Å². The van der Waals surface area contributed by atoms with Gasteiger partial charge in [-0.1, -0.05) is 34.5 Å². The topological polar surface area (TPSA) is 90.2 Å².